The minimum atomic E-state index is -0.462. The highest BCUT2D eigenvalue weighted by molar-refractivity contribution is 5.72. The number of rotatable bonds is 6. The molecule has 4 heteroatoms. The van der Waals surface area contributed by atoms with Gasteiger partial charge in [-0.25, -0.2) is 0 Å². The molecular weight excluding hydrogens is 206 g/mol. The van der Waals surface area contributed by atoms with E-state index in [1.54, 1.807) is 0 Å². The first-order chi connectivity index (χ1) is 7.26. The van der Waals surface area contributed by atoms with Crippen LogP contribution in [0.5, 0.6) is 0 Å². The van der Waals surface area contributed by atoms with Crippen molar-refractivity contribution < 1.29 is 14.3 Å². The number of nitrogens with one attached hydrogen (secondary N) is 1. The number of ether oxygens (including phenoxy) is 1. The Morgan fingerprint density at radius 2 is 1.94 bits per heavy atom. The normalized spacial score (nSPS) is 13.6. The first-order valence-electron chi connectivity index (χ1n) is 5.65. The second-order valence-corrected chi connectivity index (χ2v) is 5.22. The number of esters is 1. The minimum Gasteiger partial charge on any atom is -0.459 e. The van der Waals surface area contributed by atoms with Crippen molar-refractivity contribution in [1.29, 1.82) is 0 Å². The molecule has 0 aliphatic carbocycles. The Morgan fingerprint density at radius 1 is 1.38 bits per heavy atom. The summed E-state index contributed by atoms with van der Waals surface area (Å²) in [7, 11) is 0. The van der Waals surface area contributed by atoms with Gasteiger partial charge < -0.3 is 14.8 Å². The SMILES string of the molecule is CC(C)[C@@H](CC=O)NCC(=O)OC(C)(C)C. The molecule has 0 aromatic rings. The maximum atomic E-state index is 11.4. The zero-order valence-electron chi connectivity index (χ0n) is 10.9. The minimum absolute atomic E-state index is 0.0324. The molecule has 94 valence electrons. The number of carbonyl (C=O) groups is 2. The van der Waals surface area contributed by atoms with Gasteiger partial charge in [0.25, 0.3) is 0 Å². The first kappa shape index (κ1) is 15.1. The van der Waals surface area contributed by atoms with Crippen molar-refractivity contribution in [3.63, 3.8) is 0 Å². The van der Waals surface area contributed by atoms with Crippen LogP contribution in [0, 0.1) is 5.92 Å². The van der Waals surface area contributed by atoms with Gasteiger partial charge in [-0.05, 0) is 26.7 Å². The Hall–Kier alpha value is -0.900. The molecule has 0 saturated heterocycles. The Labute approximate surface area is 97.7 Å². The molecule has 16 heavy (non-hydrogen) atoms. The summed E-state index contributed by atoms with van der Waals surface area (Å²) in [5.74, 6) is 0.0247. The van der Waals surface area contributed by atoms with Crippen molar-refractivity contribution in [3.8, 4) is 0 Å². The van der Waals surface area contributed by atoms with Gasteiger partial charge in [0.2, 0.25) is 0 Å². The molecule has 0 aromatic carbocycles. The summed E-state index contributed by atoms with van der Waals surface area (Å²) in [6, 6.07) is 0.0324. The van der Waals surface area contributed by atoms with Crippen LogP contribution in [0.3, 0.4) is 0 Å². The van der Waals surface area contributed by atoms with Crippen molar-refractivity contribution in [2.24, 2.45) is 5.92 Å². The van der Waals surface area contributed by atoms with Gasteiger partial charge in [0.15, 0.2) is 0 Å². The molecule has 4 nitrogen and oxygen atoms in total. The highest BCUT2D eigenvalue weighted by Crippen LogP contribution is 2.07. The Bertz CT molecular complexity index is 231. The lowest BCUT2D eigenvalue weighted by molar-refractivity contribution is -0.153. The summed E-state index contributed by atoms with van der Waals surface area (Å²) < 4.78 is 5.16. The van der Waals surface area contributed by atoms with E-state index in [2.05, 4.69) is 5.32 Å². The van der Waals surface area contributed by atoms with Crippen LogP contribution in [0.15, 0.2) is 0 Å². The molecule has 0 bridgehead atoms. The summed E-state index contributed by atoms with van der Waals surface area (Å²) in [5.41, 5.74) is -0.462. The zero-order chi connectivity index (χ0) is 12.8. The molecule has 0 radical (unpaired) electrons. The maximum absolute atomic E-state index is 11.4. The molecule has 0 aliphatic heterocycles. The van der Waals surface area contributed by atoms with Gasteiger partial charge in [-0.2, -0.15) is 0 Å². The molecule has 1 atom stereocenters. The quantitative estimate of drug-likeness (QED) is 0.554. The summed E-state index contributed by atoms with van der Waals surface area (Å²) >= 11 is 0. The Morgan fingerprint density at radius 3 is 2.31 bits per heavy atom. The number of hydrogen-bond donors (Lipinski definition) is 1. The lowest BCUT2D eigenvalue weighted by Crippen LogP contribution is -2.40. The van der Waals surface area contributed by atoms with Gasteiger partial charge in [0, 0.05) is 12.5 Å². The molecular formula is C12H23NO3. The molecule has 0 fully saturated rings. The fourth-order valence-electron chi connectivity index (χ4n) is 1.29. The second-order valence-electron chi connectivity index (χ2n) is 5.22. The smallest absolute Gasteiger partial charge is 0.320 e. The molecule has 0 saturated carbocycles. The van der Waals surface area contributed by atoms with E-state index in [0.717, 1.165) is 6.29 Å². The Balaban J connectivity index is 4.01. The van der Waals surface area contributed by atoms with Gasteiger partial charge in [0.1, 0.15) is 11.9 Å². The van der Waals surface area contributed by atoms with E-state index < -0.39 is 5.60 Å². The van der Waals surface area contributed by atoms with E-state index >= 15 is 0 Å². The average molecular weight is 229 g/mol. The predicted octanol–water partition coefficient (Wildman–Crippen LogP) is 1.53. The third-order valence-corrected chi connectivity index (χ3v) is 2.08. The van der Waals surface area contributed by atoms with Crippen molar-refractivity contribution in [1.82, 2.24) is 5.32 Å². The van der Waals surface area contributed by atoms with Crippen LogP contribution in [0.25, 0.3) is 0 Å². The molecule has 0 amide bonds. The summed E-state index contributed by atoms with van der Waals surface area (Å²) in [5, 5.41) is 3.04. The third kappa shape index (κ3) is 7.40. The van der Waals surface area contributed by atoms with Crippen molar-refractivity contribution in [2.45, 2.75) is 52.7 Å². The topological polar surface area (TPSA) is 55.4 Å². The second kappa shape index (κ2) is 6.63. The molecule has 0 aliphatic rings. The summed E-state index contributed by atoms with van der Waals surface area (Å²) in [6.07, 6.45) is 1.28. The fourth-order valence-corrected chi connectivity index (χ4v) is 1.29. The molecule has 0 unspecified atom stereocenters. The highest BCUT2D eigenvalue weighted by atomic mass is 16.6. The largest absolute Gasteiger partial charge is 0.459 e. The van der Waals surface area contributed by atoms with Crippen LogP contribution >= 0.6 is 0 Å². The standard InChI is InChI=1S/C12H23NO3/c1-9(2)10(6-7-14)13-8-11(15)16-12(3,4)5/h7,9-10,13H,6,8H2,1-5H3/t10-/m1/s1. The monoisotopic (exact) mass is 229 g/mol. The molecule has 0 spiro atoms. The molecule has 0 aromatic heterocycles. The number of carbonyl (C=O) groups excluding carboxylic acids is 2. The van der Waals surface area contributed by atoms with E-state index in [4.69, 9.17) is 4.74 Å². The van der Waals surface area contributed by atoms with Crippen LogP contribution in [0.1, 0.15) is 41.0 Å². The predicted molar refractivity (Wildman–Crippen MR) is 63.2 cm³/mol. The van der Waals surface area contributed by atoms with Crippen LogP contribution in [0.4, 0.5) is 0 Å². The summed E-state index contributed by atoms with van der Waals surface area (Å²) in [6.45, 7) is 9.66. The lowest BCUT2D eigenvalue weighted by Gasteiger charge is -2.23. The number of aldehydes is 1. The van der Waals surface area contributed by atoms with Gasteiger partial charge in [-0.15, -0.1) is 0 Å². The van der Waals surface area contributed by atoms with E-state index in [-0.39, 0.29) is 18.6 Å². The highest BCUT2D eigenvalue weighted by Gasteiger charge is 2.18. The number of hydrogen-bond acceptors (Lipinski definition) is 4. The van der Waals surface area contributed by atoms with Crippen LogP contribution in [0.2, 0.25) is 0 Å². The third-order valence-electron chi connectivity index (χ3n) is 2.08. The molecule has 0 rings (SSSR count). The van der Waals surface area contributed by atoms with Crippen LogP contribution in [-0.4, -0.2) is 30.4 Å². The Kier molecular flexibility index (Phi) is 6.26. The van der Waals surface area contributed by atoms with E-state index in [1.807, 2.05) is 34.6 Å². The van der Waals surface area contributed by atoms with Gasteiger partial charge in [0.05, 0.1) is 6.54 Å². The first-order valence-corrected chi connectivity index (χ1v) is 5.65. The van der Waals surface area contributed by atoms with E-state index in [9.17, 15) is 9.59 Å². The average Bonchev–Trinajstić information content (AvgIpc) is 2.08. The zero-order valence-corrected chi connectivity index (χ0v) is 10.9. The van der Waals surface area contributed by atoms with Crippen molar-refractivity contribution >= 4 is 12.3 Å². The lowest BCUT2D eigenvalue weighted by atomic mass is 10.0. The molecule has 0 heterocycles. The van der Waals surface area contributed by atoms with E-state index in [0.29, 0.717) is 12.3 Å². The van der Waals surface area contributed by atoms with Crippen LogP contribution < -0.4 is 5.32 Å². The van der Waals surface area contributed by atoms with Crippen LogP contribution in [-0.2, 0) is 14.3 Å². The summed E-state index contributed by atoms with van der Waals surface area (Å²) in [4.78, 5) is 21.9. The van der Waals surface area contributed by atoms with Gasteiger partial charge in [-0.3, -0.25) is 4.79 Å². The molecule has 1 N–H and O–H groups in total. The van der Waals surface area contributed by atoms with Gasteiger partial charge >= 0.3 is 5.97 Å². The van der Waals surface area contributed by atoms with E-state index in [1.165, 1.54) is 0 Å². The van der Waals surface area contributed by atoms with Crippen molar-refractivity contribution in [3.05, 3.63) is 0 Å². The fraction of sp³-hybridized carbons (Fsp3) is 0.833. The maximum Gasteiger partial charge on any atom is 0.320 e. The van der Waals surface area contributed by atoms with Crippen molar-refractivity contribution in [2.75, 3.05) is 6.54 Å². The van der Waals surface area contributed by atoms with Gasteiger partial charge in [-0.1, -0.05) is 13.8 Å².